The van der Waals surface area contributed by atoms with Crippen molar-refractivity contribution in [3.8, 4) is 17.6 Å². The fourth-order valence-electron chi connectivity index (χ4n) is 2.64. The second-order valence-corrected chi connectivity index (χ2v) is 5.48. The van der Waals surface area contributed by atoms with Crippen LogP contribution in [-0.4, -0.2) is 18.0 Å². The quantitative estimate of drug-likeness (QED) is 0.864. The lowest BCUT2D eigenvalue weighted by Gasteiger charge is -2.05. The molecule has 0 radical (unpaired) electrons. The van der Waals surface area contributed by atoms with Crippen molar-refractivity contribution in [3.63, 3.8) is 0 Å². The van der Waals surface area contributed by atoms with Crippen LogP contribution in [0.4, 0.5) is 14.5 Å². The number of nitriles is 1. The highest BCUT2D eigenvalue weighted by atomic mass is 19.3. The molecule has 2 aromatic rings. The van der Waals surface area contributed by atoms with Crippen LogP contribution >= 0.6 is 0 Å². The molecular formula is C17H9F2N3O3. The number of amidine groups is 1. The molecule has 8 heteroatoms. The van der Waals surface area contributed by atoms with Gasteiger partial charge >= 0.3 is 6.29 Å². The second kappa shape index (κ2) is 5.27. The number of fused-ring (bicyclic) bond motifs is 2. The molecule has 2 aliphatic heterocycles. The van der Waals surface area contributed by atoms with Crippen LogP contribution in [0.15, 0.2) is 41.4 Å². The summed E-state index contributed by atoms with van der Waals surface area (Å²) in [5, 5.41) is 11.5. The maximum absolute atomic E-state index is 13.1. The summed E-state index contributed by atoms with van der Waals surface area (Å²) < 4.78 is 34.9. The number of halogens is 2. The standard InChI is InChI=1S/C17H9F2N3O3/c18-17(19)24-13-5-11-6-15(21-12(11)7-14(13)25-17)22-16(23)10-3-1-2-9(4-10)8-20/h1-5,7H,6H2,(H,21,22,23). The zero-order valence-electron chi connectivity index (χ0n) is 12.5. The first-order valence-electron chi connectivity index (χ1n) is 7.25. The Morgan fingerprint density at radius 1 is 1.24 bits per heavy atom. The van der Waals surface area contributed by atoms with Crippen LogP contribution in [0, 0.1) is 11.3 Å². The predicted octanol–water partition coefficient (Wildman–Crippen LogP) is 2.90. The number of ether oxygens (including phenoxy) is 2. The number of amides is 1. The van der Waals surface area contributed by atoms with Crippen molar-refractivity contribution in [2.45, 2.75) is 12.7 Å². The maximum atomic E-state index is 13.1. The van der Waals surface area contributed by atoms with Crippen molar-refractivity contribution in [1.82, 2.24) is 5.32 Å². The van der Waals surface area contributed by atoms with Crippen molar-refractivity contribution in [3.05, 3.63) is 53.1 Å². The minimum Gasteiger partial charge on any atom is -0.395 e. The molecule has 0 bridgehead atoms. The first-order valence-corrected chi connectivity index (χ1v) is 7.25. The van der Waals surface area contributed by atoms with Gasteiger partial charge in [-0.05, 0) is 29.8 Å². The number of carbonyl (C=O) groups is 1. The fourth-order valence-corrected chi connectivity index (χ4v) is 2.64. The summed E-state index contributed by atoms with van der Waals surface area (Å²) in [6, 6.07) is 11.0. The fraction of sp³-hybridized carbons (Fsp3) is 0.118. The Morgan fingerprint density at radius 2 is 2.00 bits per heavy atom. The Labute approximate surface area is 140 Å². The maximum Gasteiger partial charge on any atom is 0.586 e. The monoisotopic (exact) mass is 341 g/mol. The summed E-state index contributed by atoms with van der Waals surface area (Å²) in [7, 11) is 0. The summed E-state index contributed by atoms with van der Waals surface area (Å²) in [5.74, 6) is -0.192. The summed E-state index contributed by atoms with van der Waals surface area (Å²) in [4.78, 5) is 16.5. The molecule has 6 nitrogen and oxygen atoms in total. The molecule has 0 fully saturated rings. The summed E-state index contributed by atoms with van der Waals surface area (Å²) in [5.41, 5.74) is 1.77. The molecule has 0 aromatic heterocycles. The molecule has 1 N–H and O–H groups in total. The minimum atomic E-state index is -3.68. The van der Waals surface area contributed by atoms with E-state index < -0.39 is 12.2 Å². The number of alkyl halides is 2. The first kappa shape index (κ1) is 15.1. The lowest BCUT2D eigenvalue weighted by molar-refractivity contribution is -0.286. The number of aliphatic imine (C=N–C) groups is 1. The topological polar surface area (TPSA) is 83.7 Å². The SMILES string of the molecule is N#Cc1cccc(C(=O)NC2=Nc3cc4c(cc3C2)OC(F)(F)O4)c1. The van der Waals surface area contributed by atoms with E-state index in [4.69, 9.17) is 5.26 Å². The van der Waals surface area contributed by atoms with Crippen LogP contribution in [0.3, 0.4) is 0 Å². The van der Waals surface area contributed by atoms with E-state index in [0.29, 0.717) is 28.2 Å². The van der Waals surface area contributed by atoms with Gasteiger partial charge < -0.3 is 14.8 Å². The van der Waals surface area contributed by atoms with Crippen LogP contribution in [0.2, 0.25) is 0 Å². The van der Waals surface area contributed by atoms with E-state index in [2.05, 4.69) is 19.8 Å². The van der Waals surface area contributed by atoms with Gasteiger partial charge in [0.05, 0.1) is 17.3 Å². The Balaban J connectivity index is 1.53. The van der Waals surface area contributed by atoms with Crippen molar-refractivity contribution in [1.29, 1.82) is 5.26 Å². The first-order chi connectivity index (χ1) is 11.9. The van der Waals surface area contributed by atoms with Crippen LogP contribution in [-0.2, 0) is 6.42 Å². The molecule has 2 heterocycles. The Kier molecular flexibility index (Phi) is 3.18. The number of nitrogens with one attached hydrogen (secondary N) is 1. The summed E-state index contributed by atoms with van der Waals surface area (Å²) in [6.07, 6.45) is -3.41. The number of hydrogen-bond donors (Lipinski definition) is 1. The molecule has 0 saturated carbocycles. The third-order valence-corrected chi connectivity index (χ3v) is 3.73. The van der Waals surface area contributed by atoms with Crippen molar-refractivity contribution >= 4 is 17.4 Å². The third-order valence-electron chi connectivity index (χ3n) is 3.73. The minimum absolute atomic E-state index is 0.0618. The van der Waals surface area contributed by atoms with Gasteiger partial charge in [-0.15, -0.1) is 8.78 Å². The van der Waals surface area contributed by atoms with Crippen LogP contribution in [0.25, 0.3) is 0 Å². The van der Waals surface area contributed by atoms with E-state index in [-0.39, 0.29) is 17.9 Å². The zero-order chi connectivity index (χ0) is 17.6. The molecule has 0 saturated heterocycles. The number of rotatable bonds is 1. The van der Waals surface area contributed by atoms with Crippen molar-refractivity contribution < 1.29 is 23.0 Å². The zero-order valence-corrected chi connectivity index (χ0v) is 12.5. The van der Waals surface area contributed by atoms with Gasteiger partial charge in [-0.1, -0.05) is 6.07 Å². The van der Waals surface area contributed by atoms with E-state index in [1.807, 2.05) is 6.07 Å². The summed E-state index contributed by atoms with van der Waals surface area (Å²) in [6.45, 7) is 0. The highest BCUT2D eigenvalue weighted by Gasteiger charge is 2.44. The van der Waals surface area contributed by atoms with Crippen LogP contribution < -0.4 is 14.8 Å². The van der Waals surface area contributed by atoms with Crippen LogP contribution in [0.1, 0.15) is 21.5 Å². The van der Waals surface area contributed by atoms with Gasteiger partial charge in [0.1, 0.15) is 5.84 Å². The molecule has 1 amide bonds. The van der Waals surface area contributed by atoms with E-state index >= 15 is 0 Å². The Hall–Kier alpha value is -3.47. The van der Waals surface area contributed by atoms with Crippen LogP contribution in [0.5, 0.6) is 11.5 Å². The average Bonchev–Trinajstić information content (AvgIpc) is 3.09. The normalized spacial score (nSPS) is 16.0. The number of carbonyl (C=O) groups excluding carboxylic acids is 1. The number of nitrogens with zero attached hydrogens (tertiary/aromatic N) is 2. The van der Waals surface area contributed by atoms with E-state index in [1.54, 1.807) is 18.2 Å². The lowest BCUT2D eigenvalue weighted by atomic mass is 10.1. The number of benzene rings is 2. The van der Waals surface area contributed by atoms with Crippen molar-refractivity contribution in [2.75, 3.05) is 0 Å². The van der Waals surface area contributed by atoms with Gasteiger partial charge in [-0.2, -0.15) is 5.26 Å². The van der Waals surface area contributed by atoms with E-state index in [0.717, 1.165) is 0 Å². The smallest absolute Gasteiger partial charge is 0.395 e. The molecule has 0 unspecified atom stereocenters. The molecule has 0 atom stereocenters. The Morgan fingerprint density at radius 3 is 2.76 bits per heavy atom. The molecule has 0 spiro atoms. The molecule has 2 aliphatic rings. The van der Waals surface area contributed by atoms with Gasteiger partial charge in [0.15, 0.2) is 11.5 Å². The van der Waals surface area contributed by atoms with Gasteiger partial charge in [0, 0.05) is 18.1 Å². The highest BCUT2D eigenvalue weighted by Crippen LogP contribution is 2.45. The van der Waals surface area contributed by atoms with Gasteiger partial charge in [-0.3, -0.25) is 4.79 Å². The molecule has 4 rings (SSSR count). The highest BCUT2D eigenvalue weighted by molar-refractivity contribution is 6.09. The Bertz CT molecular complexity index is 980. The summed E-state index contributed by atoms with van der Waals surface area (Å²) >= 11 is 0. The van der Waals surface area contributed by atoms with Gasteiger partial charge in [0.2, 0.25) is 0 Å². The number of hydrogen-bond acceptors (Lipinski definition) is 5. The van der Waals surface area contributed by atoms with E-state index in [1.165, 1.54) is 18.2 Å². The predicted molar refractivity (Wildman–Crippen MR) is 82.1 cm³/mol. The third kappa shape index (κ3) is 2.76. The molecule has 25 heavy (non-hydrogen) atoms. The second-order valence-electron chi connectivity index (χ2n) is 5.48. The van der Waals surface area contributed by atoms with Gasteiger partial charge in [0.25, 0.3) is 5.91 Å². The molecule has 2 aromatic carbocycles. The largest absolute Gasteiger partial charge is 0.586 e. The molecule has 124 valence electrons. The van der Waals surface area contributed by atoms with E-state index in [9.17, 15) is 13.6 Å². The molecule has 0 aliphatic carbocycles. The van der Waals surface area contributed by atoms with Crippen molar-refractivity contribution in [2.24, 2.45) is 4.99 Å². The van der Waals surface area contributed by atoms with Gasteiger partial charge in [-0.25, -0.2) is 4.99 Å². The lowest BCUT2D eigenvalue weighted by Crippen LogP contribution is -2.30. The average molecular weight is 341 g/mol. The molecular weight excluding hydrogens is 332 g/mol.